The third-order valence-corrected chi connectivity index (χ3v) is 1.57. The number of hydrogen-bond acceptors (Lipinski definition) is 5. The molecule has 0 unspecified atom stereocenters. The quantitative estimate of drug-likeness (QED) is 0.257. The highest BCUT2D eigenvalue weighted by molar-refractivity contribution is 5.66. The van der Waals surface area contributed by atoms with E-state index in [-0.39, 0.29) is 18.0 Å². The van der Waals surface area contributed by atoms with Gasteiger partial charge in [-0.05, 0) is 6.07 Å². The summed E-state index contributed by atoms with van der Waals surface area (Å²) >= 11 is 0. The van der Waals surface area contributed by atoms with Gasteiger partial charge in [0.05, 0.1) is 4.92 Å². The first-order valence-electron chi connectivity index (χ1n) is 4.34. The van der Waals surface area contributed by atoms with Gasteiger partial charge >= 0.3 is 11.8 Å². The summed E-state index contributed by atoms with van der Waals surface area (Å²) in [5.41, 5.74) is -0.293. The monoisotopic (exact) mass is 223 g/mol. The van der Waals surface area contributed by atoms with E-state index in [1.54, 1.807) is 0 Å². The molecule has 0 heterocycles. The number of rotatable bonds is 4. The van der Waals surface area contributed by atoms with Crippen molar-refractivity contribution in [3.8, 4) is 5.75 Å². The van der Waals surface area contributed by atoms with Crippen molar-refractivity contribution in [3.05, 3.63) is 47.0 Å². The van der Waals surface area contributed by atoms with E-state index < -0.39 is 11.1 Å². The van der Waals surface area contributed by atoms with Crippen LogP contribution in [0.15, 0.2) is 36.9 Å². The summed E-state index contributed by atoms with van der Waals surface area (Å²) in [6.07, 6.45) is 0.356. The third kappa shape index (κ3) is 3.09. The zero-order valence-corrected chi connectivity index (χ0v) is 8.29. The molecule has 0 amide bonds. The van der Waals surface area contributed by atoms with Crippen LogP contribution in [0.3, 0.4) is 0 Å². The fourth-order valence-corrected chi connectivity index (χ4v) is 0.941. The minimum absolute atomic E-state index is 0.0144. The van der Waals surface area contributed by atoms with Gasteiger partial charge in [0.25, 0.3) is 0 Å². The molecule has 0 aromatic heterocycles. The van der Waals surface area contributed by atoms with E-state index in [0.29, 0.717) is 0 Å². The molecule has 0 N–H and O–H groups in total. The van der Waals surface area contributed by atoms with Crippen LogP contribution in [0.5, 0.6) is 5.75 Å². The fraction of sp³-hybridized carbons (Fsp3) is 0.100. The number of carbonyl (C=O) groups is 1. The smallest absolute Gasteiger partial charge is 0.430 e. The van der Waals surface area contributed by atoms with Gasteiger partial charge < -0.3 is 9.47 Å². The molecule has 0 aliphatic rings. The zero-order chi connectivity index (χ0) is 12.0. The molecular weight excluding hydrogens is 214 g/mol. The van der Waals surface area contributed by atoms with Crippen LogP contribution in [-0.4, -0.2) is 17.7 Å². The molecule has 0 saturated carbocycles. The lowest BCUT2D eigenvalue weighted by atomic mass is 10.3. The molecule has 6 heteroatoms. The number of nitro groups is 1. The van der Waals surface area contributed by atoms with E-state index >= 15 is 0 Å². The molecule has 6 nitrogen and oxygen atoms in total. The van der Waals surface area contributed by atoms with Gasteiger partial charge in [0.15, 0.2) is 0 Å². The lowest BCUT2D eigenvalue weighted by Gasteiger charge is -2.03. The number of nitrogens with zero attached hydrogens (tertiary/aromatic N) is 1. The lowest BCUT2D eigenvalue weighted by Crippen LogP contribution is -2.11. The topological polar surface area (TPSA) is 78.7 Å². The van der Waals surface area contributed by atoms with Crippen molar-refractivity contribution in [2.24, 2.45) is 0 Å². The Labute approximate surface area is 91.2 Å². The van der Waals surface area contributed by atoms with E-state index in [0.717, 1.165) is 0 Å². The molecule has 0 spiro atoms. The van der Waals surface area contributed by atoms with Gasteiger partial charge in [0, 0.05) is 6.07 Å². The number of para-hydroxylation sites is 2. The van der Waals surface area contributed by atoms with Gasteiger partial charge in [-0.1, -0.05) is 24.8 Å². The summed E-state index contributed by atoms with van der Waals surface area (Å²) in [4.78, 5) is 21.0. The Hall–Kier alpha value is -2.37. The molecule has 16 heavy (non-hydrogen) atoms. The molecule has 1 aromatic carbocycles. The van der Waals surface area contributed by atoms with Crippen molar-refractivity contribution in [2.45, 2.75) is 0 Å². The van der Waals surface area contributed by atoms with Crippen LogP contribution < -0.4 is 4.74 Å². The number of benzene rings is 1. The van der Waals surface area contributed by atoms with E-state index in [2.05, 4.69) is 16.1 Å². The largest absolute Gasteiger partial charge is 0.514 e. The SMILES string of the molecule is C=CCOC(=O)Oc1ccccc1[N+](=O)[O-]. The van der Waals surface area contributed by atoms with E-state index in [1.807, 2.05) is 0 Å². The van der Waals surface area contributed by atoms with Crippen LogP contribution >= 0.6 is 0 Å². The molecule has 0 aliphatic heterocycles. The average molecular weight is 223 g/mol. The van der Waals surface area contributed by atoms with Gasteiger partial charge in [-0.3, -0.25) is 10.1 Å². The van der Waals surface area contributed by atoms with Crippen LogP contribution in [0.2, 0.25) is 0 Å². The van der Waals surface area contributed by atoms with Crippen molar-refractivity contribution in [2.75, 3.05) is 6.61 Å². The second-order valence-electron chi connectivity index (χ2n) is 2.68. The molecule has 0 aliphatic carbocycles. The van der Waals surface area contributed by atoms with Crippen LogP contribution in [0, 0.1) is 10.1 Å². The first-order chi connectivity index (χ1) is 7.65. The van der Waals surface area contributed by atoms with Crippen LogP contribution in [-0.2, 0) is 4.74 Å². The Morgan fingerprint density at radius 1 is 1.50 bits per heavy atom. The van der Waals surface area contributed by atoms with E-state index in [4.69, 9.17) is 0 Å². The summed E-state index contributed by atoms with van der Waals surface area (Å²) in [5, 5.41) is 10.6. The molecule has 0 bridgehead atoms. The highest BCUT2D eigenvalue weighted by Crippen LogP contribution is 2.25. The van der Waals surface area contributed by atoms with Gasteiger partial charge in [0.2, 0.25) is 5.75 Å². The predicted octanol–water partition coefficient (Wildman–Crippen LogP) is 2.30. The fourth-order valence-electron chi connectivity index (χ4n) is 0.941. The molecule has 0 radical (unpaired) electrons. The molecule has 1 aromatic rings. The molecule has 0 fully saturated rings. The predicted molar refractivity (Wildman–Crippen MR) is 55.3 cm³/mol. The molecule has 1 rings (SSSR count). The second-order valence-corrected chi connectivity index (χ2v) is 2.68. The summed E-state index contributed by atoms with van der Waals surface area (Å²) in [7, 11) is 0. The van der Waals surface area contributed by atoms with Crippen molar-refractivity contribution in [1.82, 2.24) is 0 Å². The van der Waals surface area contributed by atoms with E-state index in [1.165, 1.54) is 30.3 Å². The first kappa shape index (κ1) is 11.7. The standard InChI is InChI=1S/C10H9NO5/c1-2-7-15-10(12)16-9-6-4-3-5-8(9)11(13)14/h2-6H,1,7H2. The molecule has 84 valence electrons. The van der Waals surface area contributed by atoms with Crippen LogP contribution in [0.1, 0.15) is 0 Å². The maximum absolute atomic E-state index is 11.0. The number of hydrogen-bond donors (Lipinski definition) is 0. The van der Waals surface area contributed by atoms with Crippen LogP contribution in [0.4, 0.5) is 10.5 Å². The maximum atomic E-state index is 11.0. The number of nitro benzene ring substituents is 1. The molecule has 0 atom stereocenters. The number of carbonyl (C=O) groups excluding carboxylic acids is 1. The van der Waals surface area contributed by atoms with Crippen molar-refractivity contribution in [3.63, 3.8) is 0 Å². The van der Waals surface area contributed by atoms with Crippen LogP contribution in [0.25, 0.3) is 0 Å². The minimum atomic E-state index is -1.01. The van der Waals surface area contributed by atoms with Gasteiger partial charge in [-0.25, -0.2) is 4.79 Å². The van der Waals surface area contributed by atoms with E-state index in [9.17, 15) is 14.9 Å². The first-order valence-corrected chi connectivity index (χ1v) is 4.34. The minimum Gasteiger partial charge on any atom is -0.430 e. The average Bonchev–Trinajstić information content (AvgIpc) is 2.27. The van der Waals surface area contributed by atoms with Crippen molar-refractivity contribution < 1.29 is 19.2 Å². The Morgan fingerprint density at radius 3 is 2.81 bits per heavy atom. The summed E-state index contributed by atoms with van der Waals surface area (Å²) in [6, 6.07) is 5.53. The zero-order valence-electron chi connectivity index (χ0n) is 8.29. The van der Waals surface area contributed by atoms with Crippen molar-refractivity contribution >= 4 is 11.8 Å². The molecule has 0 saturated heterocycles. The van der Waals surface area contributed by atoms with Gasteiger partial charge in [0.1, 0.15) is 6.61 Å². The Kier molecular flexibility index (Phi) is 4.02. The third-order valence-electron chi connectivity index (χ3n) is 1.57. The highest BCUT2D eigenvalue weighted by Gasteiger charge is 2.17. The normalized spacial score (nSPS) is 9.25. The van der Waals surface area contributed by atoms with Gasteiger partial charge in [-0.15, -0.1) is 0 Å². The highest BCUT2D eigenvalue weighted by atomic mass is 16.7. The second kappa shape index (κ2) is 5.50. The summed E-state index contributed by atoms with van der Waals surface area (Å²) < 4.78 is 9.19. The maximum Gasteiger partial charge on any atom is 0.514 e. The summed E-state index contributed by atoms with van der Waals surface area (Å²) in [5.74, 6) is -0.151. The van der Waals surface area contributed by atoms with Crippen molar-refractivity contribution in [1.29, 1.82) is 0 Å². The Bertz CT molecular complexity index is 415. The Morgan fingerprint density at radius 2 is 2.19 bits per heavy atom. The lowest BCUT2D eigenvalue weighted by molar-refractivity contribution is -0.385. The number of ether oxygens (including phenoxy) is 2. The van der Waals surface area contributed by atoms with Gasteiger partial charge in [-0.2, -0.15) is 0 Å². The Balaban J connectivity index is 2.76. The molecular formula is C10H9NO5. The summed E-state index contributed by atoms with van der Waals surface area (Å²) in [6.45, 7) is 3.33.